The van der Waals surface area contributed by atoms with E-state index in [4.69, 9.17) is 0 Å². The van der Waals surface area contributed by atoms with Gasteiger partial charge >= 0.3 is 0 Å². The van der Waals surface area contributed by atoms with Crippen LogP contribution in [0.2, 0.25) is 0 Å². The van der Waals surface area contributed by atoms with Gasteiger partial charge in [0.05, 0.1) is 18.1 Å². The van der Waals surface area contributed by atoms with Gasteiger partial charge in [0.2, 0.25) is 0 Å². The van der Waals surface area contributed by atoms with Crippen LogP contribution < -0.4 is 5.32 Å². The van der Waals surface area contributed by atoms with Crippen molar-refractivity contribution in [2.24, 2.45) is 0 Å². The van der Waals surface area contributed by atoms with Gasteiger partial charge in [-0.3, -0.25) is 4.98 Å². The van der Waals surface area contributed by atoms with E-state index in [1.165, 1.54) is 5.56 Å². The van der Waals surface area contributed by atoms with Crippen LogP contribution in [0.1, 0.15) is 17.3 Å². The van der Waals surface area contributed by atoms with Gasteiger partial charge in [-0.15, -0.1) is 0 Å². The van der Waals surface area contributed by atoms with E-state index in [9.17, 15) is 0 Å². The first kappa shape index (κ1) is 13.5. The molecule has 1 unspecified atom stereocenters. The van der Waals surface area contributed by atoms with E-state index in [-0.39, 0.29) is 6.04 Å². The fourth-order valence-electron chi connectivity index (χ4n) is 2.34. The van der Waals surface area contributed by atoms with Crippen LogP contribution in [0.15, 0.2) is 73.4 Å². The van der Waals surface area contributed by atoms with E-state index in [0.717, 1.165) is 18.8 Å². The van der Waals surface area contributed by atoms with Crippen molar-refractivity contribution in [3.05, 3.63) is 84.7 Å². The molecule has 2 aromatic heterocycles. The van der Waals surface area contributed by atoms with E-state index in [0.29, 0.717) is 0 Å². The number of nitrogens with zero attached hydrogens (tertiary/aromatic N) is 3. The third kappa shape index (κ3) is 3.55. The summed E-state index contributed by atoms with van der Waals surface area (Å²) in [6.07, 6.45) is 7.44. The van der Waals surface area contributed by atoms with Crippen LogP contribution in [-0.4, -0.2) is 21.1 Å². The molecular weight excluding hydrogens is 260 g/mol. The van der Waals surface area contributed by atoms with Crippen molar-refractivity contribution in [3.63, 3.8) is 0 Å². The molecule has 0 aliphatic carbocycles. The maximum Gasteiger partial charge on any atom is 0.0946 e. The van der Waals surface area contributed by atoms with Crippen molar-refractivity contribution in [2.75, 3.05) is 6.54 Å². The molecule has 1 aromatic carbocycles. The molecule has 0 radical (unpaired) electrons. The van der Waals surface area contributed by atoms with Gasteiger partial charge in [0.25, 0.3) is 0 Å². The highest BCUT2D eigenvalue weighted by Gasteiger charge is 2.13. The van der Waals surface area contributed by atoms with Gasteiger partial charge in [-0.1, -0.05) is 36.4 Å². The third-order valence-electron chi connectivity index (χ3n) is 3.39. The molecule has 0 saturated heterocycles. The first-order valence-corrected chi connectivity index (χ1v) is 7.08. The Kier molecular flexibility index (Phi) is 4.39. The summed E-state index contributed by atoms with van der Waals surface area (Å²) in [5.74, 6) is 0. The first-order chi connectivity index (χ1) is 10.4. The first-order valence-electron chi connectivity index (χ1n) is 7.08. The van der Waals surface area contributed by atoms with Gasteiger partial charge in [-0.25, -0.2) is 4.98 Å². The molecule has 0 amide bonds. The summed E-state index contributed by atoms with van der Waals surface area (Å²) in [5.41, 5.74) is 2.26. The smallest absolute Gasteiger partial charge is 0.0946 e. The van der Waals surface area contributed by atoms with Gasteiger partial charge in [0.15, 0.2) is 0 Å². The molecule has 0 spiro atoms. The zero-order valence-corrected chi connectivity index (χ0v) is 11.8. The van der Waals surface area contributed by atoms with Gasteiger partial charge in [0, 0.05) is 31.7 Å². The standard InChI is InChI=1S/C17H18N4/c1-2-6-15(7-3-1)17(16-8-4-5-9-19-16)20-11-13-21-12-10-18-14-21/h1-10,12,14,17,20H,11,13H2. The number of nitrogens with one attached hydrogen (secondary N) is 1. The lowest BCUT2D eigenvalue weighted by Crippen LogP contribution is -2.26. The summed E-state index contributed by atoms with van der Waals surface area (Å²) >= 11 is 0. The summed E-state index contributed by atoms with van der Waals surface area (Å²) in [6.45, 7) is 1.74. The van der Waals surface area contributed by atoms with E-state index in [2.05, 4.69) is 50.2 Å². The Morgan fingerprint density at radius 3 is 2.57 bits per heavy atom. The minimum absolute atomic E-state index is 0.107. The number of aromatic nitrogens is 3. The van der Waals surface area contributed by atoms with Crippen molar-refractivity contribution in [1.82, 2.24) is 19.9 Å². The summed E-state index contributed by atoms with van der Waals surface area (Å²) in [6, 6.07) is 16.5. The molecule has 0 aliphatic rings. The lowest BCUT2D eigenvalue weighted by Gasteiger charge is -2.19. The van der Waals surface area contributed by atoms with Crippen molar-refractivity contribution >= 4 is 0 Å². The fourth-order valence-corrected chi connectivity index (χ4v) is 2.34. The second kappa shape index (κ2) is 6.81. The molecule has 21 heavy (non-hydrogen) atoms. The Morgan fingerprint density at radius 1 is 1.00 bits per heavy atom. The van der Waals surface area contributed by atoms with E-state index in [1.807, 2.05) is 36.9 Å². The van der Waals surface area contributed by atoms with E-state index < -0.39 is 0 Å². The molecule has 0 bridgehead atoms. The fraction of sp³-hybridized carbons (Fsp3) is 0.176. The average molecular weight is 278 g/mol. The topological polar surface area (TPSA) is 42.7 Å². The molecule has 4 heteroatoms. The summed E-state index contributed by atoms with van der Waals surface area (Å²) in [4.78, 5) is 8.55. The van der Waals surface area contributed by atoms with Crippen molar-refractivity contribution < 1.29 is 0 Å². The summed E-state index contributed by atoms with van der Waals surface area (Å²) in [7, 11) is 0. The Balaban J connectivity index is 1.73. The van der Waals surface area contributed by atoms with Crippen molar-refractivity contribution in [2.45, 2.75) is 12.6 Å². The maximum absolute atomic E-state index is 4.49. The van der Waals surface area contributed by atoms with Gasteiger partial charge in [0.1, 0.15) is 0 Å². The zero-order chi connectivity index (χ0) is 14.3. The molecule has 106 valence electrons. The molecule has 2 heterocycles. The minimum Gasteiger partial charge on any atom is -0.336 e. The quantitative estimate of drug-likeness (QED) is 0.754. The van der Waals surface area contributed by atoms with E-state index >= 15 is 0 Å². The highest BCUT2D eigenvalue weighted by Crippen LogP contribution is 2.19. The number of hydrogen-bond acceptors (Lipinski definition) is 3. The zero-order valence-electron chi connectivity index (χ0n) is 11.8. The van der Waals surface area contributed by atoms with Crippen molar-refractivity contribution in [3.8, 4) is 0 Å². The molecule has 1 atom stereocenters. The SMILES string of the molecule is c1ccc(C(NCCn2ccnc2)c2ccccn2)cc1. The second-order valence-corrected chi connectivity index (χ2v) is 4.85. The number of imidazole rings is 1. The number of benzene rings is 1. The maximum atomic E-state index is 4.49. The molecule has 0 saturated carbocycles. The Morgan fingerprint density at radius 2 is 1.86 bits per heavy atom. The van der Waals surface area contributed by atoms with Crippen LogP contribution in [0.25, 0.3) is 0 Å². The van der Waals surface area contributed by atoms with E-state index in [1.54, 1.807) is 6.20 Å². The molecular formula is C17H18N4. The number of rotatable bonds is 6. The lowest BCUT2D eigenvalue weighted by molar-refractivity contribution is 0.543. The monoisotopic (exact) mass is 278 g/mol. The van der Waals surface area contributed by atoms with Gasteiger partial charge in [-0.2, -0.15) is 0 Å². The lowest BCUT2D eigenvalue weighted by atomic mass is 10.0. The predicted molar refractivity (Wildman–Crippen MR) is 82.8 cm³/mol. The predicted octanol–water partition coefficient (Wildman–Crippen LogP) is 2.66. The summed E-state index contributed by atoms with van der Waals surface area (Å²) in [5, 5.41) is 3.58. The third-order valence-corrected chi connectivity index (χ3v) is 3.39. The molecule has 3 rings (SSSR count). The Labute approximate surface area is 124 Å². The van der Waals surface area contributed by atoms with Crippen LogP contribution in [0.5, 0.6) is 0 Å². The van der Waals surface area contributed by atoms with Gasteiger partial charge < -0.3 is 9.88 Å². The molecule has 4 nitrogen and oxygen atoms in total. The largest absolute Gasteiger partial charge is 0.336 e. The number of pyridine rings is 1. The molecule has 3 aromatic rings. The average Bonchev–Trinajstić information content (AvgIpc) is 3.07. The molecule has 0 aliphatic heterocycles. The van der Waals surface area contributed by atoms with Crippen LogP contribution in [0.3, 0.4) is 0 Å². The van der Waals surface area contributed by atoms with Crippen LogP contribution in [0, 0.1) is 0 Å². The number of hydrogen-bond donors (Lipinski definition) is 1. The van der Waals surface area contributed by atoms with Crippen molar-refractivity contribution in [1.29, 1.82) is 0 Å². The van der Waals surface area contributed by atoms with Crippen LogP contribution >= 0.6 is 0 Å². The van der Waals surface area contributed by atoms with Gasteiger partial charge in [-0.05, 0) is 17.7 Å². The Bertz CT molecular complexity index is 596. The second-order valence-electron chi connectivity index (χ2n) is 4.85. The summed E-state index contributed by atoms with van der Waals surface area (Å²) < 4.78 is 2.06. The molecule has 0 fully saturated rings. The van der Waals surface area contributed by atoms with Crippen LogP contribution in [0.4, 0.5) is 0 Å². The van der Waals surface area contributed by atoms with Crippen LogP contribution in [-0.2, 0) is 6.54 Å². The normalized spacial score (nSPS) is 12.2. The highest BCUT2D eigenvalue weighted by molar-refractivity contribution is 5.27. The minimum atomic E-state index is 0.107. The Hall–Kier alpha value is -2.46. The molecule has 1 N–H and O–H groups in total. The highest BCUT2D eigenvalue weighted by atomic mass is 15.1.